The highest BCUT2D eigenvalue weighted by Gasteiger charge is 2.06. The molecule has 4 heteroatoms. The van der Waals surface area contributed by atoms with Crippen LogP contribution in [0, 0.1) is 0 Å². The smallest absolute Gasteiger partial charge is 0.156 e. The van der Waals surface area contributed by atoms with Crippen LogP contribution in [0.1, 0.15) is 32.5 Å². The lowest BCUT2D eigenvalue weighted by Crippen LogP contribution is -2.26. The molecule has 0 saturated carbocycles. The molecule has 0 aliphatic carbocycles. The zero-order valence-corrected chi connectivity index (χ0v) is 9.48. The summed E-state index contributed by atoms with van der Waals surface area (Å²) in [6.07, 6.45) is 3.89. The van der Waals surface area contributed by atoms with E-state index in [1.807, 2.05) is 6.07 Å². The molecular weight excluding hydrogens is 190 g/mol. The highest BCUT2D eigenvalue weighted by atomic mass is 16.3. The molecule has 4 nitrogen and oxygen atoms in total. The molecule has 0 aromatic carbocycles. The fraction of sp³-hybridized carbons (Fsp3) is 0.636. The number of hydrogen-bond acceptors (Lipinski definition) is 4. The summed E-state index contributed by atoms with van der Waals surface area (Å²) in [6.45, 7) is 6.19. The SMILES string of the molecule is CCCN(CCC)c1ccnc(CO)n1. The van der Waals surface area contributed by atoms with E-state index in [1.165, 1.54) is 0 Å². The Labute approximate surface area is 91.0 Å². The molecule has 0 aliphatic heterocycles. The number of rotatable bonds is 6. The van der Waals surface area contributed by atoms with E-state index < -0.39 is 0 Å². The van der Waals surface area contributed by atoms with Gasteiger partial charge in [0.15, 0.2) is 5.82 Å². The Kier molecular flexibility index (Phi) is 5.04. The lowest BCUT2D eigenvalue weighted by atomic mass is 10.3. The van der Waals surface area contributed by atoms with Crippen molar-refractivity contribution in [3.05, 3.63) is 18.1 Å². The van der Waals surface area contributed by atoms with Crippen molar-refractivity contribution in [3.63, 3.8) is 0 Å². The van der Waals surface area contributed by atoms with Gasteiger partial charge in [0.25, 0.3) is 0 Å². The van der Waals surface area contributed by atoms with E-state index in [-0.39, 0.29) is 6.61 Å². The number of aliphatic hydroxyl groups excluding tert-OH is 1. The summed E-state index contributed by atoms with van der Waals surface area (Å²) in [6, 6.07) is 1.89. The highest BCUT2D eigenvalue weighted by Crippen LogP contribution is 2.11. The predicted octanol–water partition coefficient (Wildman–Crippen LogP) is 1.60. The zero-order valence-electron chi connectivity index (χ0n) is 9.48. The van der Waals surface area contributed by atoms with Gasteiger partial charge in [-0.2, -0.15) is 0 Å². The molecule has 0 amide bonds. The Morgan fingerprint density at radius 3 is 2.47 bits per heavy atom. The van der Waals surface area contributed by atoms with E-state index in [9.17, 15) is 0 Å². The zero-order chi connectivity index (χ0) is 11.1. The van der Waals surface area contributed by atoms with Gasteiger partial charge in [0.2, 0.25) is 0 Å². The molecule has 0 unspecified atom stereocenters. The van der Waals surface area contributed by atoms with Gasteiger partial charge < -0.3 is 10.0 Å². The van der Waals surface area contributed by atoms with Crippen molar-refractivity contribution in [1.82, 2.24) is 9.97 Å². The Morgan fingerprint density at radius 1 is 1.27 bits per heavy atom. The van der Waals surface area contributed by atoms with Gasteiger partial charge >= 0.3 is 0 Å². The molecule has 84 valence electrons. The third kappa shape index (κ3) is 3.47. The van der Waals surface area contributed by atoms with Crippen LogP contribution in [0.25, 0.3) is 0 Å². The normalized spacial score (nSPS) is 10.3. The first kappa shape index (κ1) is 11.9. The molecular formula is C11H19N3O. The Hall–Kier alpha value is -1.16. The number of nitrogens with zero attached hydrogens (tertiary/aromatic N) is 3. The third-order valence-corrected chi connectivity index (χ3v) is 2.14. The van der Waals surface area contributed by atoms with Crippen molar-refractivity contribution in [2.45, 2.75) is 33.3 Å². The maximum absolute atomic E-state index is 8.96. The Morgan fingerprint density at radius 2 is 1.93 bits per heavy atom. The maximum atomic E-state index is 8.96. The van der Waals surface area contributed by atoms with E-state index in [1.54, 1.807) is 6.20 Å². The average Bonchev–Trinajstić information content (AvgIpc) is 2.29. The van der Waals surface area contributed by atoms with Gasteiger partial charge in [-0.05, 0) is 18.9 Å². The lowest BCUT2D eigenvalue weighted by molar-refractivity contribution is 0.271. The summed E-state index contributed by atoms with van der Waals surface area (Å²) < 4.78 is 0. The van der Waals surface area contributed by atoms with E-state index in [0.717, 1.165) is 31.7 Å². The summed E-state index contributed by atoms with van der Waals surface area (Å²) in [5.74, 6) is 1.41. The molecule has 0 atom stereocenters. The fourth-order valence-corrected chi connectivity index (χ4v) is 1.52. The van der Waals surface area contributed by atoms with Gasteiger partial charge in [0, 0.05) is 19.3 Å². The van der Waals surface area contributed by atoms with Crippen molar-refractivity contribution in [3.8, 4) is 0 Å². The van der Waals surface area contributed by atoms with Crippen molar-refractivity contribution >= 4 is 5.82 Å². The summed E-state index contributed by atoms with van der Waals surface area (Å²) in [7, 11) is 0. The molecule has 1 heterocycles. The van der Waals surface area contributed by atoms with Crippen LogP contribution in [0.4, 0.5) is 5.82 Å². The second kappa shape index (κ2) is 6.35. The molecule has 0 saturated heterocycles. The second-order valence-corrected chi connectivity index (χ2v) is 3.48. The average molecular weight is 209 g/mol. The van der Waals surface area contributed by atoms with Gasteiger partial charge in [-0.25, -0.2) is 9.97 Å². The Balaban J connectivity index is 2.79. The quantitative estimate of drug-likeness (QED) is 0.773. The van der Waals surface area contributed by atoms with Gasteiger partial charge in [-0.15, -0.1) is 0 Å². The van der Waals surface area contributed by atoms with Crippen molar-refractivity contribution < 1.29 is 5.11 Å². The van der Waals surface area contributed by atoms with Gasteiger partial charge in [0.1, 0.15) is 12.4 Å². The van der Waals surface area contributed by atoms with Crippen molar-refractivity contribution in [1.29, 1.82) is 0 Å². The summed E-state index contributed by atoms with van der Waals surface area (Å²) >= 11 is 0. The second-order valence-electron chi connectivity index (χ2n) is 3.48. The molecule has 0 spiro atoms. The highest BCUT2D eigenvalue weighted by molar-refractivity contribution is 5.37. The van der Waals surface area contributed by atoms with Gasteiger partial charge in [-0.1, -0.05) is 13.8 Å². The number of anilines is 1. The standard InChI is InChI=1S/C11H19N3O/c1-3-7-14(8-4-2)11-5-6-12-10(9-15)13-11/h5-6,15H,3-4,7-9H2,1-2H3. The number of hydrogen-bond donors (Lipinski definition) is 1. The van der Waals surface area contributed by atoms with Crippen LogP contribution in [-0.2, 0) is 6.61 Å². The van der Waals surface area contributed by atoms with E-state index in [4.69, 9.17) is 5.11 Å². The van der Waals surface area contributed by atoms with Crippen LogP contribution in [0.5, 0.6) is 0 Å². The molecule has 0 radical (unpaired) electrons. The third-order valence-electron chi connectivity index (χ3n) is 2.14. The van der Waals surface area contributed by atoms with Gasteiger partial charge in [-0.3, -0.25) is 0 Å². The molecule has 1 aromatic rings. The molecule has 1 N–H and O–H groups in total. The van der Waals surface area contributed by atoms with Crippen molar-refractivity contribution in [2.75, 3.05) is 18.0 Å². The van der Waals surface area contributed by atoms with Crippen LogP contribution < -0.4 is 4.90 Å². The van der Waals surface area contributed by atoms with Crippen LogP contribution in [0.3, 0.4) is 0 Å². The van der Waals surface area contributed by atoms with Crippen LogP contribution in [0.2, 0.25) is 0 Å². The maximum Gasteiger partial charge on any atom is 0.156 e. The molecule has 1 rings (SSSR count). The molecule has 0 aliphatic rings. The first-order chi connectivity index (χ1) is 7.31. The minimum Gasteiger partial charge on any atom is -0.388 e. The predicted molar refractivity (Wildman–Crippen MR) is 60.7 cm³/mol. The van der Waals surface area contributed by atoms with Crippen LogP contribution in [-0.4, -0.2) is 28.2 Å². The number of aromatic nitrogens is 2. The monoisotopic (exact) mass is 209 g/mol. The molecule has 0 bridgehead atoms. The van der Waals surface area contributed by atoms with Gasteiger partial charge in [0.05, 0.1) is 0 Å². The summed E-state index contributed by atoms with van der Waals surface area (Å²) in [5, 5.41) is 8.96. The van der Waals surface area contributed by atoms with Crippen molar-refractivity contribution in [2.24, 2.45) is 0 Å². The minimum atomic E-state index is -0.0973. The molecule has 15 heavy (non-hydrogen) atoms. The topological polar surface area (TPSA) is 49.2 Å². The summed E-state index contributed by atoms with van der Waals surface area (Å²) in [4.78, 5) is 10.5. The largest absolute Gasteiger partial charge is 0.388 e. The summed E-state index contributed by atoms with van der Waals surface area (Å²) in [5.41, 5.74) is 0. The fourth-order valence-electron chi connectivity index (χ4n) is 1.52. The lowest BCUT2D eigenvalue weighted by Gasteiger charge is -2.22. The van der Waals surface area contributed by atoms with E-state index >= 15 is 0 Å². The van der Waals surface area contributed by atoms with E-state index in [0.29, 0.717) is 5.82 Å². The number of aliphatic hydroxyl groups is 1. The first-order valence-electron chi connectivity index (χ1n) is 5.49. The van der Waals surface area contributed by atoms with E-state index in [2.05, 4.69) is 28.7 Å². The molecule has 0 fully saturated rings. The minimum absolute atomic E-state index is 0.0973. The Bertz CT molecular complexity index is 285. The van der Waals surface area contributed by atoms with Crippen LogP contribution >= 0.6 is 0 Å². The first-order valence-corrected chi connectivity index (χ1v) is 5.49. The van der Waals surface area contributed by atoms with Crippen LogP contribution in [0.15, 0.2) is 12.3 Å². The molecule has 1 aromatic heterocycles.